The standard InChI is InChI=1S/C13H15N3O4/c14-8-12(17)15-7-1-2-11(15)13(18)9-3-5-10(6-4-9)16(19)20/h3-6,11H,1-2,7-8,14H2. The topological polar surface area (TPSA) is 107 Å². The fourth-order valence-electron chi connectivity index (χ4n) is 2.39. The highest BCUT2D eigenvalue weighted by atomic mass is 16.6. The van der Waals surface area contributed by atoms with Gasteiger partial charge in [-0.3, -0.25) is 19.7 Å². The molecule has 1 heterocycles. The van der Waals surface area contributed by atoms with Crippen molar-refractivity contribution in [3.63, 3.8) is 0 Å². The molecule has 0 aromatic heterocycles. The fourth-order valence-corrected chi connectivity index (χ4v) is 2.39. The summed E-state index contributed by atoms with van der Waals surface area (Å²) in [6.45, 7) is 0.406. The first-order chi connectivity index (χ1) is 9.54. The first-order valence-corrected chi connectivity index (χ1v) is 6.33. The lowest BCUT2D eigenvalue weighted by molar-refractivity contribution is -0.384. The van der Waals surface area contributed by atoms with Crippen LogP contribution in [0, 0.1) is 10.1 Å². The lowest BCUT2D eigenvalue weighted by Crippen LogP contribution is -2.43. The molecule has 1 aliphatic heterocycles. The maximum absolute atomic E-state index is 12.4. The van der Waals surface area contributed by atoms with Crippen LogP contribution in [0.5, 0.6) is 0 Å². The number of carbonyl (C=O) groups is 2. The molecule has 0 bridgehead atoms. The van der Waals surface area contributed by atoms with E-state index in [-0.39, 0.29) is 23.9 Å². The van der Waals surface area contributed by atoms with Gasteiger partial charge in [0.25, 0.3) is 5.69 Å². The minimum atomic E-state index is -0.520. The van der Waals surface area contributed by atoms with E-state index in [1.54, 1.807) is 0 Å². The summed E-state index contributed by atoms with van der Waals surface area (Å²) in [6, 6.07) is 4.91. The minimum absolute atomic E-state index is 0.0668. The third kappa shape index (κ3) is 2.67. The van der Waals surface area contributed by atoms with Crippen molar-refractivity contribution in [1.29, 1.82) is 0 Å². The number of likely N-dealkylation sites (tertiary alicyclic amines) is 1. The molecule has 1 atom stereocenters. The van der Waals surface area contributed by atoms with E-state index in [4.69, 9.17) is 5.73 Å². The quantitative estimate of drug-likeness (QED) is 0.496. The number of hydrogen-bond acceptors (Lipinski definition) is 5. The van der Waals surface area contributed by atoms with Crippen LogP contribution >= 0.6 is 0 Å². The Kier molecular flexibility index (Phi) is 4.09. The third-order valence-corrected chi connectivity index (χ3v) is 3.41. The number of hydrogen-bond donors (Lipinski definition) is 1. The van der Waals surface area contributed by atoms with Crippen LogP contribution in [0.4, 0.5) is 5.69 Å². The molecule has 0 aliphatic carbocycles. The first-order valence-electron chi connectivity index (χ1n) is 6.33. The van der Waals surface area contributed by atoms with E-state index in [1.807, 2.05) is 0 Å². The van der Waals surface area contributed by atoms with Crippen molar-refractivity contribution < 1.29 is 14.5 Å². The summed E-state index contributed by atoms with van der Waals surface area (Å²) in [5.41, 5.74) is 5.63. The van der Waals surface area contributed by atoms with Crippen LogP contribution in [0.3, 0.4) is 0 Å². The summed E-state index contributed by atoms with van der Waals surface area (Å²) >= 11 is 0. The molecule has 7 heteroatoms. The van der Waals surface area contributed by atoms with E-state index in [1.165, 1.54) is 29.2 Å². The van der Waals surface area contributed by atoms with E-state index < -0.39 is 11.0 Å². The Morgan fingerprint density at radius 1 is 1.35 bits per heavy atom. The van der Waals surface area contributed by atoms with E-state index in [2.05, 4.69) is 0 Å². The first kappa shape index (κ1) is 14.1. The summed E-state index contributed by atoms with van der Waals surface area (Å²) in [4.78, 5) is 35.6. The summed E-state index contributed by atoms with van der Waals surface area (Å²) in [5, 5.41) is 10.6. The Morgan fingerprint density at radius 2 is 2.00 bits per heavy atom. The zero-order valence-corrected chi connectivity index (χ0v) is 10.8. The molecule has 1 aromatic rings. The smallest absolute Gasteiger partial charge is 0.269 e. The number of nitro groups is 1. The number of rotatable bonds is 4. The molecule has 0 radical (unpaired) electrons. The summed E-state index contributed by atoms with van der Waals surface area (Å²) in [6.07, 6.45) is 1.36. The number of nitrogens with zero attached hydrogens (tertiary/aromatic N) is 2. The zero-order valence-electron chi connectivity index (χ0n) is 10.8. The van der Waals surface area contributed by atoms with Crippen molar-refractivity contribution in [2.24, 2.45) is 5.73 Å². The van der Waals surface area contributed by atoms with Crippen LogP contribution in [0.15, 0.2) is 24.3 Å². The van der Waals surface area contributed by atoms with Gasteiger partial charge in [0, 0.05) is 24.2 Å². The maximum atomic E-state index is 12.4. The molecular formula is C13H15N3O4. The van der Waals surface area contributed by atoms with E-state index >= 15 is 0 Å². The van der Waals surface area contributed by atoms with Crippen molar-refractivity contribution in [2.45, 2.75) is 18.9 Å². The predicted molar refractivity (Wildman–Crippen MR) is 71.2 cm³/mol. The van der Waals surface area contributed by atoms with Gasteiger partial charge in [-0.15, -0.1) is 0 Å². The molecule has 2 N–H and O–H groups in total. The molecule has 1 aliphatic rings. The van der Waals surface area contributed by atoms with Gasteiger partial charge >= 0.3 is 0 Å². The fraction of sp³-hybridized carbons (Fsp3) is 0.385. The highest BCUT2D eigenvalue weighted by Crippen LogP contribution is 2.22. The van der Waals surface area contributed by atoms with E-state index in [0.29, 0.717) is 18.5 Å². The second-order valence-electron chi connectivity index (χ2n) is 4.62. The van der Waals surface area contributed by atoms with Gasteiger partial charge in [-0.05, 0) is 25.0 Å². The normalized spacial score (nSPS) is 18.1. The van der Waals surface area contributed by atoms with Crippen molar-refractivity contribution in [2.75, 3.05) is 13.1 Å². The lowest BCUT2D eigenvalue weighted by atomic mass is 10.0. The Labute approximate surface area is 115 Å². The molecule has 7 nitrogen and oxygen atoms in total. The van der Waals surface area contributed by atoms with Crippen molar-refractivity contribution >= 4 is 17.4 Å². The molecule has 1 saturated heterocycles. The zero-order chi connectivity index (χ0) is 14.7. The highest BCUT2D eigenvalue weighted by molar-refractivity contribution is 6.02. The number of nitrogens with two attached hydrogens (primary N) is 1. The van der Waals surface area contributed by atoms with Crippen LogP contribution in [0.2, 0.25) is 0 Å². The third-order valence-electron chi connectivity index (χ3n) is 3.41. The van der Waals surface area contributed by atoms with Crippen molar-refractivity contribution in [3.8, 4) is 0 Å². The summed E-state index contributed by atoms with van der Waals surface area (Å²) < 4.78 is 0. The number of carbonyl (C=O) groups excluding carboxylic acids is 2. The van der Waals surface area contributed by atoms with Crippen LogP contribution in [0.1, 0.15) is 23.2 Å². The van der Waals surface area contributed by atoms with Crippen LogP contribution in [0.25, 0.3) is 0 Å². The van der Waals surface area contributed by atoms with Crippen molar-refractivity contribution in [3.05, 3.63) is 39.9 Å². The van der Waals surface area contributed by atoms with Crippen LogP contribution < -0.4 is 5.73 Å². The molecule has 2 rings (SSSR count). The Morgan fingerprint density at radius 3 is 2.55 bits per heavy atom. The summed E-state index contributed by atoms with van der Waals surface area (Å²) in [5.74, 6) is -0.443. The van der Waals surface area contributed by atoms with E-state index in [9.17, 15) is 19.7 Å². The number of Topliss-reactive ketones (excluding diaryl/α,β-unsaturated/α-hetero) is 1. The molecular weight excluding hydrogens is 262 g/mol. The van der Waals surface area contributed by atoms with Gasteiger partial charge in [-0.1, -0.05) is 0 Å². The van der Waals surface area contributed by atoms with Gasteiger partial charge in [0.2, 0.25) is 5.91 Å². The van der Waals surface area contributed by atoms with Gasteiger partial charge in [0.05, 0.1) is 17.5 Å². The average Bonchev–Trinajstić information content (AvgIpc) is 2.95. The minimum Gasteiger partial charge on any atom is -0.331 e. The summed E-state index contributed by atoms with van der Waals surface area (Å²) in [7, 11) is 0. The largest absolute Gasteiger partial charge is 0.331 e. The molecule has 106 valence electrons. The van der Waals surface area contributed by atoms with E-state index in [0.717, 1.165) is 6.42 Å². The van der Waals surface area contributed by atoms with Gasteiger partial charge in [-0.2, -0.15) is 0 Å². The number of nitro benzene ring substituents is 1. The Bertz CT molecular complexity index is 541. The van der Waals surface area contributed by atoms with Crippen molar-refractivity contribution in [1.82, 2.24) is 4.90 Å². The molecule has 1 unspecified atom stereocenters. The molecule has 20 heavy (non-hydrogen) atoms. The molecule has 1 aromatic carbocycles. The Balaban J connectivity index is 2.18. The predicted octanol–water partition coefficient (Wildman–Crippen LogP) is 0.727. The second kappa shape index (κ2) is 5.79. The number of ketones is 1. The SMILES string of the molecule is NCC(=O)N1CCCC1C(=O)c1ccc([N+](=O)[O-])cc1. The van der Waals surface area contributed by atoms with Crippen LogP contribution in [-0.2, 0) is 4.79 Å². The molecule has 1 amide bonds. The molecule has 1 fully saturated rings. The van der Waals surface area contributed by atoms with Gasteiger partial charge in [-0.25, -0.2) is 0 Å². The lowest BCUT2D eigenvalue weighted by Gasteiger charge is -2.23. The average molecular weight is 277 g/mol. The number of non-ortho nitro benzene ring substituents is 1. The molecule has 0 saturated carbocycles. The van der Waals surface area contributed by atoms with Gasteiger partial charge in [0.1, 0.15) is 0 Å². The maximum Gasteiger partial charge on any atom is 0.269 e. The second-order valence-corrected chi connectivity index (χ2v) is 4.62. The number of benzene rings is 1. The van der Waals surface area contributed by atoms with Gasteiger partial charge < -0.3 is 10.6 Å². The van der Waals surface area contributed by atoms with Gasteiger partial charge in [0.15, 0.2) is 5.78 Å². The van der Waals surface area contributed by atoms with Crippen LogP contribution in [-0.4, -0.2) is 40.6 Å². The number of amides is 1. The monoisotopic (exact) mass is 277 g/mol. The molecule has 0 spiro atoms. The highest BCUT2D eigenvalue weighted by Gasteiger charge is 2.33. The Hall–Kier alpha value is -2.28.